The van der Waals surface area contributed by atoms with Gasteiger partial charge in [0.15, 0.2) is 0 Å². The van der Waals surface area contributed by atoms with Crippen LogP contribution in [0.25, 0.3) is 0 Å². The molecular formula is C17H27NO. The average Bonchev–Trinajstić information content (AvgIpc) is 2.89. The summed E-state index contributed by atoms with van der Waals surface area (Å²) in [4.78, 5) is 0. The highest BCUT2D eigenvalue weighted by molar-refractivity contribution is 5.44. The van der Waals surface area contributed by atoms with Gasteiger partial charge in [0.2, 0.25) is 0 Å². The van der Waals surface area contributed by atoms with Crippen molar-refractivity contribution in [1.29, 1.82) is 0 Å². The Labute approximate surface area is 117 Å². The van der Waals surface area contributed by atoms with E-state index in [1.807, 2.05) is 0 Å². The van der Waals surface area contributed by atoms with Gasteiger partial charge in [0, 0.05) is 0 Å². The van der Waals surface area contributed by atoms with Crippen molar-refractivity contribution in [3.05, 3.63) is 28.8 Å². The molecule has 1 unspecified atom stereocenters. The fourth-order valence-electron chi connectivity index (χ4n) is 2.96. The van der Waals surface area contributed by atoms with Crippen molar-refractivity contribution < 1.29 is 4.74 Å². The van der Waals surface area contributed by atoms with Crippen molar-refractivity contribution in [3.8, 4) is 5.75 Å². The largest absolute Gasteiger partial charge is 0.496 e. The molecule has 0 aromatic heterocycles. The molecule has 1 saturated heterocycles. The van der Waals surface area contributed by atoms with Gasteiger partial charge in [-0.15, -0.1) is 0 Å². The normalized spacial score (nSPS) is 19.1. The average molecular weight is 261 g/mol. The smallest absolute Gasteiger partial charge is 0.122 e. The fourth-order valence-corrected chi connectivity index (χ4v) is 2.96. The molecule has 0 bridgehead atoms. The highest BCUT2D eigenvalue weighted by Crippen LogP contribution is 2.30. The second kappa shape index (κ2) is 6.42. The van der Waals surface area contributed by atoms with E-state index < -0.39 is 0 Å². The number of methoxy groups -OCH3 is 1. The Balaban J connectivity index is 2.12. The minimum Gasteiger partial charge on any atom is -0.496 e. The SMILES string of the molecule is COc1cc(C)c(CCC2CCNC2)cc1C(C)C. The summed E-state index contributed by atoms with van der Waals surface area (Å²) in [6.07, 6.45) is 3.84. The number of ether oxygens (including phenoxy) is 1. The molecule has 2 nitrogen and oxygen atoms in total. The molecule has 1 aromatic carbocycles. The van der Waals surface area contributed by atoms with Crippen molar-refractivity contribution in [2.45, 2.75) is 46.0 Å². The van der Waals surface area contributed by atoms with E-state index in [-0.39, 0.29) is 0 Å². The Hall–Kier alpha value is -1.02. The van der Waals surface area contributed by atoms with Crippen LogP contribution in [0.1, 0.15) is 49.3 Å². The lowest BCUT2D eigenvalue weighted by atomic mass is 9.92. The molecule has 2 rings (SSSR count). The first-order valence-electron chi connectivity index (χ1n) is 7.50. The molecule has 106 valence electrons. The van der Waals surface area contributed by atoms with Crippen molar-refractivity contribution >= 4 is 0 Å². The van der Waals surface area contributed by atoms with Crippen LogP contribution in [-0.2, 0) is 6.42 Å². The Morgan fingerprint density at radius 3 is 2.74 bits per heavy atom. The van der Waals surface area contributed by atoms with Crippen LogP contribution in [0.3, 0.4) is 0 Å². The Morgan fingerprint density at radius 2 is 2.16 bits per heavy atom. The van der Waals surface area contributed by atoms with E-state index in [0.717, 1.165) is 11.7 Å². The summed E-state index contributed by atoms with van der Waals surface area (Å²) in [6.45, 7) is 9.07. The van der Waals surface area contributed by atoms with E-state index >= 15 is 0 Å². The lowest BCUT2D eigenvalue weighted by Crippen LogP contribution is -2.10. The predicted octanol–water partition coefficient (Wildman–Crippen LogP) is 3.67. The highest BCUT2D eigenvalue weighted by atomic mass is 16.5. The van der Waals surface area contributed by atoms with Gasteiger partial charge in [-0.2, -0.15) is 0 Å². The monoisotopic (exact) mass is 261 g/mol. The van der Waals surface area contributed by atoms with Gasteiger partial charge in [-0.05, 0) is 73.9 Å². The quantitative estimate of drug-likeness (QED) is 0.873. The van der Waals surface area contributed by atoms with Crippen LogP contribution in [0.2, 0.25) is 0 Å². The molecule has 19 heavy (non-hydrogen) atoms. The predicted molar refractivity (Wildman–Crippen MR) is 81.1 cm³/mol. The van der Waals surface area contributed by atoms with Crippen LogP contribution in [0.5, 0.6) is 5.75 Å². The number of aryl methyl sites for hydroxylation is 2. The van der Waals surface area contributed by atoms with Gasteiger partial charge in [0.25, 0.3) is 0 Å². The van der Waals surface area contributed by atoms with E-state index in [1.54, 1.807) is 7.11 Å². The van der Waals surface area contributed by atoms with Crippen LogP contribution in [0.15, 0.2) is 12.1 Å². The third-order valence-corrected chi connectivity index (χ3v) is 4.29. The standard InChI is InChI=1S/C17H27NO/c1-12(2)16-10-15(13(3)9-17(16)19-4)6-5-14-7-8-18-11-14/h9-10,12,14,18H,5-8,11H2,1-4H3. The molecular weight excluding hydrogens is 234 g/mol. The fraction of sp³-hybridized carbons (Fsp3) is 0.647. The van der Waals surface area contributed by atoms with Gasteiger partial charge in [-0.1, -0.05) is 19.9 Å². The zero-order valence-electron chi connectivity index (χ0n) is 12.8. The molecule has 1 aromatic rings. The van der Waals surface area contributed by atoms with Crippen molar-refractivity contribution in [2.24, 2.45) is 5.92 Å². The number of rotatable bonds is 5. The van der Waals surface area contributed by atoms with E-state index in [4.69, 9.17) is 4.74 Å². The third kappa shape index (κ3) is 3.50. The number of benzene rings is 1. The zero-order chi connectivity index (χ0) is 13.8. The first-order chi connectivity index (χ1) is 9.11. The van der Waals surface area contributed by atoms with Gasteiger partial charge < -0.3 is 10.1 Å². The van der Waals surface area contributed by atoms with Gasteiger partial charge in [-0.3, -0.25) is 0 Å². The lowest BCUT2D eigenvalue weighted by molar-refractivity contribution is 0.407. The molecule has 1 heterocycles. The minimum atomic E-state index is 0.516. The van der Waals surface area contributed by atoms with Gasteiger partial charge in [-0.25, -0.2) is 0 Å². The van der Waals surface area contributed by atoms with Crippen LogP contribution >= 0.6 is 0 Å². The maximum Gasteiger partial charge on any atom is 0.122 e. The first kappa shape index (κ1) is 14.4. The summed E-state index contributed by atoms with van der Waals surface area (Å²) >= 11 is 0. The molecule has 1 atom stereocenters. The number of hydrogen-bond donors (Lipinski definition) is 1. The molecule has 0 spiro atoms. The lowest BCUT2D eigenvalue weighted by Gasteiger charge is -2.17. The van der Waals surface area contributed by atoms with Gasteiger partial charge in [0.05, 0.1) is 7.11 Å². The number of nitrogens with one attached hydrogen (secondary N) is 1. The van der Waals surface area contributed by atoms with E-state index in [1.165, 1.54) is 49.0 Å². The minimum absolute atomic E-state index is 0.516. The maximum absolute atomic E-state index is 5.51. The van der Waals surface area contributed by atoms with Gasteiger partial charge >= 0.3 is 0 Å². The van der Waals surface area contributed by atoms with E-state index in [9.17, 15) is 0 Å². The third-order valence-electron chi connectivity index (χ3n) is 4.29. The molecule has 0 amide bonds. The van der Waals surface area contributed by atoms with Crippen LogP contribution < -0.4 is 10.1 Å². The summed E-state index contributed by atoms with van der Waals surface area (Å²) in [7, 11) is 1.77. The van der Waals surface area contributed by atoms with Crippen molar-refractivity contribution in [1.82, 2.24) is 5.32 Å². The summed E-state index contributed by atoms with van der Waals surface area (Å²) < 4.78 is 5.51. The highest BCUT2D eigenvalue weighted by Gasteiger charge is 2.16. The summed E-state index contributed by atoms with van der Waals surface area (Å²) in [5.41, 5.74) is 4.20. The Kier molecular flexibility index (Phi) is 4.87. The molecule has 1 fully saturated rings. The number of hydrogen-bond acceptors (Lipinski definition) is 2. The van der Waals surface area contributed by atoms with Crippen LogP contribution in [-0.4, -0.2) is 20.2 Å². The van der Waals surface area contributed by atoms with Gasteiger partial charge in [0.1, 0.15) is 5.75 Å². The zero-order valence-corrected chi connectivity index (χ0v) is 12.8. The Morgan fingerprint density at radius 1 is 1.37 bits per heavy atom. The molecule has 2 heteroatoms. The summed E-state index contributed by atoms with van der Waals surface area (Å²) in [6, 6.07) is 4.57. The van der Waals surface area contributed by atoms with Crippen LogP contribution in [0, 0.1) is 12.8 Å². The Bertz CT molecular complexity index is 420. The maximum atomic E-state index is 5.51. The van der Waals surface area contributed by atoms with Crippen molar-refractivity contribution in [3.63, 3.8) is 0 Å². The second-order valence-electron chi connectivity index (χ2n) is 6.07. The van der Waals surface area contributed by atoms with E-state index in [2.05, 4.69) is 38.2 Å². The molecule has 1 aliphatic rings. The van der Waals surface area contributed by atoms with E-state index in [0.29, 0.717) is 5.92 Å². The van der Waals surface area contributed by atoms with Crippen LogP contribution in [0.4, 0.5) is 0 Å². The molecule has 1 aliphatic heterocycles. The molecule has 0 saturated carbocycles. The molecule has 1 N–H and O–H groups in total. The van der Waals surface area contributed by atoms with Crippen molar-refractivity contribution in [2.75, 3.05) is 20.2 Å². The second-order valence-corrected chi connectivity index (χ2v) is 6.07. The summed E-state index contributed by atoms with van der Waals surface area (Å²) in [5, 5.41) is 3.45. The first-order valence-corrected chi connectivity index (χ1v) is 7.50. The molecule has 0 aliphatic carbocycles. The summed E-state index contributed by atoms with van der Waals surface area (Å²) in [5.74, 6) is 2.42. The molecule has 0 radical (unpaired) electrons. The topological polar surface area (TPSA) is 21.3 Å².